The lowest BCUT2D eigenvalue weighted by atomic mass is 10.1. The Balaban J connectivity index is 1.88. The van der Waals surface area contributed by atoms with Gasteiger partial charge < -0.3 is 16.0 Å². The number of nitrogens with one attached hydrogen (secondary N) is 1. The molecule has 1 amide bonds. The van der Waals surface area contributed by atoms with Crippen molar-refractivity contribution >= 4 is 22.4 Å². The molecule has 1 aliphatic rings. The molecule has 0 spiro atoms. The zero-order chi connectivity index (χ0) is 11.5. The van der Waals surface area contributed by atoms with Crippen LogP contribution in [0.3, 0.4) is 0 Å². The molecule has 1 aromatic heterocycles. The second-order valence-electron chi connectivity index (χ2n) is 4.00. The van der Waals surface area contributed by atoms with Gasteiger partial charge in [-0.25, -0.2) is 0 Å². The van der Waals surface area contributed by atoms with E-state index in [1.165, 1.54) is 0 Å². The molecule has 7 heteroatoms. The molecule has 0 unspecified atom stereocenters. The Morgan fingerprint density at radius 3 is 2.75 bits per heavy atom. The lowest BCUT2D eigenvalue weighted by molar-refractivity contribution is 0.0916. The summed E-state index contributed by atoms with van der Waals surface area (Å²) in [6.07, 6.45) is 1.97. The molecule has 88 valence electrons. The van der Waals surface area contributed by atoms with Crippen molar-refractivity contribution in [3.8, 4) is 0 Å². The number of hydrogen-bond donors (Lipinski definition) is 2. The molecule has 6 nitrogen and oxygen atoms in total. The van der Waals surface area contributed by atoms with Crippen LogP contribution in [-0.4, -0.2) is 47.2 Å². The molecule has 0 aliphatic carbocycles. The van der Waals surface area contributed by atoms with E-state index in [2.05, 4.69) is 27.5 Å². The summed E-state index contributed by atoms with van der Waals surface area (Å²) < 4.78 is 0. The maximum absolute atomic E-state index is 11.7. The van der Waals surface area contributed by atoms with Crippen molar-refractivity contribution in [1.29, 1.82) is 0 Å². The first kappa shape index (κ1) is 11.3. The van der Waals surface area contributed by atoms with Gasteiger partial charge in [-0.15, -0.1) is 10.2 Å². The Morgan fingerprint density at radius 2 is 2.19 bits per heavy atom. The molecule has 0 atom stereocenters. The highest BCUT2D eigenvalue weighted by Gasteiger charge is 2.20. The average Bonchev–Trinajstić information content (AvgIpc) is 2.68. The van der Waals surface area contributed by atoms with Crippen LogP contribution in [0.15, 0.2) is 0 Å². The number of nitrogens with two attached hydrogens (primary N) is 1. The summed E-state index contributed by atoms with van der Waals surface area (Å²) in [5, 5.41) is 11.0. The van der Waals surface area contributed by atoms with Gasteiger partial charge in [-0.3, -0.25) is 4.79 Å². The summed E-state index contributed by atoms with van der Waals surface area (Å²) in [7, 11) is 2.09. The van der Waals surface area contributed by atoms with E-state index in [1.54, 1.807) is 0 Å². The van der Waals surface area contributed by atoms with Crippen LogP contribution in [0.1, 0.15) is 22.6 Å². The Morgan fingerprint density at radius 1 is 1.50 bits per heavy atom. The Labute approximate surface area is 97.8 Å². The SMILES string of the molecule is CN1CCC(NC(=O)c2nnc(N)s2)CC1. The Hall–Kier alpha value is -1.21. The molecule has 0 saturated carbocycles. The minimum absolute atomic E-state index is 0.163. The maximum Gasteiger partial charge on any atom is 0.282 e. The van der Waals surface area contributed by atoms with Gasteiger partial charge in [-0.05, 0) is 33.0 Å². The van der Waals surface area contributed by atoms with Gasteiger partial charge in [-0.2, -0.15) is 0 Å². The minimum atomic E-state index is -0.163. The number of piperidine rings is 1. The molecular weight excluding hydrogens is 226 g/mol. The molecule has 16 heavy (non-hydrogen) atoms. The number of nitrogens with zero attached hydrogens (tertiary/aromatic N) is 3. The highest BCUT2D eigenvalue weighted by Crippen LogP contribution is 2.13. The van der Waals surface area contributed by atoms with E-state index < -0.39 is 0 Å². The van der Waals surface area contributed by atoms with Gasteiger partial charge in [0.2, 0.25) is 10.1 Å². The molecule has 1 aromatic rings. The van der Waals surface area contributed by atoms with Crippen molar-refractivity contribution < 1.29 is 4.79 Å². The van der Waals surface area contributed by atoms with Crippen molar-refractivity contribution in [3.63, 3.8) is 0 Å². The third kappa shape index (κ3) is 2.67. The molecule has 1 saturated heterocycles. The predicted molar refractivity (Wildman–Crippen MR) is 62.3 cm³/mol. The Kier molecular flexibility index (Phi) is 3.35. The van der Waals surface area contributed by atoms with Gasteiger partial charge in [0.25, 0.3) is 5.91 Å². The number of carbonyl (C=O) groups excluding carboxylic acids is 1. The normalized spacial score (nSPS) is 18.6. The molecule has 2 heterocycles. The van der Waals surface area contributed by atoms with E-state index in [0.717, 1.165) is 37.3 Å². The number of rotatable bonds is 2. The molecule has 0 radical (unpaired) electrons. The van der Waals surface area contributed by atoms with Crippen LogP contribution in [0.25, 0.3) is 0 Å². The number of nitrogen functional groups attached to an aromatic ring is 1. The fourth-order valence-electron chi connectivity index (χ4n) is 1.73. The fraction of sp³-hybridized carbons (Fsp3) is 0.667. The summed E-state index contributed by atoms with van der Waals surface area (Å²) in [4.78, 5) is 14.0. The van der Waals surface area contributed by atoms with Gasteiger partial charge in [0.05, 0.1) is 0 Å². The Bertz CT molecular complexity index is 372. The molecule has 0 aromatic carbocycles. The van der Waals surface area contributed by atoms with Crippen LogP contribution >= 0.6 is 11.3 Å². The zero-order valence-corrected chi connectivity index (χ0v) is 9.96. The lowest BCUT2D eigenvalue weighted by Crippen LogP contribution is -2.43. The molecule has 0 bridgehead atoms. The standard InChI is InChI=1S/C9H15N5OS/c1-14-4-2-6(3-5-14)11-7(15)8-12-13-9(10)16-8/h6H,2-5H2,1H3,(H2,10,13)(H,11,15). The monoisotopic (exact) mass is 241 g/mol. The molecular formula is C9H15N5OS. The van der Waals surface area contributed by atoms with E-state index in [4.69, 9.17) is 5.73 Å². The molecule has 2 rings (SSSR count). The van der Waals surface area contributed by atoms with Gasteiger partial charge in [0.15, 0.2) is 0 Å². The number of likely N-dealkylation sites (tertiary alicyclic amines) is 1. The van der Waals surface area contributed by atoms with Gasteiger partial charge in [-0.1, -0.05) is 11.3 Å². The fourth-order valence-corrected chi connectivity index (χ4v) is 2.24. The highest BCUT2D eigenvalue weighted by molar-refractivity contribution is 7.16. The van der Waals surface area contributed by atoms with Crippen LogP contribution in [-0.2, 0) is 0 Å². The summed E-state index contributed by atoms with van der Waals surface area (Å²) in [6, 6.07) is 0.244. The number of hydrogen-bond acceptors (Lipinski definition) is 6. The molecule has 1 fully saturated rings. The van der Waals surface area contributed by atoms with Gasteiger partial charge >= 0.3 is 0 Å². The first-order valence-corrected chi connectivity index (χ1v) is 6.05. The molecule has 3 N–H and O–H groups in total. The average molecular weight is 241 g/mol. The summed E-state index contributed by atoms with van der Waals surface area (Å²) in [5.41, 5.74) is 5.43. The number of carbonyl (C=O) groups is 1. The number of amides is 1. The third-order valence-corrected chi connectivity index (χ3v) is 3.44. The maximum atomic E-state index is 11.7. The van der Waals surface area contributed by atoms with Crippen molar-refractivity contribution in [2.75, 3.05) is 25.9 Å². The van der Waals surface area contributed by atoms with Crippen LogP contribution in [0.5, 0.6) is 0 Å². The van der Waals surface area contributed by atoms with E-state index in [0.29, 0.717) is 10.1 Å². The van der Waals surface area contributed by atoms with Crippen LogP contribution in [0.4, 0.5) is 5.13 Å². The van der Waals surface area contributed by atoms with E-state index in [9.17, 15) is 4.79 Å². The quantitative estimate of drug-likeness (QED) is 0.758. The smallest absolute Gasteiger partial charge is 0.282 e. The van der Waals surface area contributed by atoms with E-state index in [-0.39, 0.29) is 11.9 Å². The van der Waals surface area contributed by atoms with Crippen LogP contribution in [0.2, 0.25) is 0 Å². The highest BCUT2D eigenvalue weighted by atomic mass is 32.1. The van der Waals surface area contributed by atoms with Crippen LogP contribution in [0, 0.1) is 0 Å². The van der Waals surface area contributed by atoms with Crippen molar-refractivity contribution in [2.45, 2.75) is 18.9 Å². The van der Waals surface area contributed by atoms with Crippen LogP contribution < -0.4 is 11.1 Å². The van der Waals surface area contributed by atoms with Crippen molar-refractivity contribution in [2.24, 2.45) is 0 Å². The number of aromatic nitrogens is 2. The first-order valence-electron chi connectivity index (χ1n) is 5.23. The van der Waals surface area contributed by atoms with Crippen molar-refractivity contribution in [3.05, 3.63) is 5.01 Å². The van der Waals surface area contributed by atoms with E-state index >= 15 is 0 Å². The predicted octanol–water partition coefficient (Wildman–Crippen LogP) is -0.0557. The second kappa shape index (κ2) is 4.75. The zero-order valence-electron chi connectivity index (χ0n) is 9.14. The summed E-state index contributed by atoms with van der Waals surface area (Å²) in [5.74, 6) is -0.163. The largest absolute Gasteiger partial charge is 0.374 e. The third-order valence-electron chi connectivity index (χ3n) is 2.69. The summed E-state index contributed by atoms with van der Waals surface area (Å²) >= 11 is 1.12. The van der Waals surface area contributed by atoms with E-state index in [1.807, 2.05) is 0 Å². The second-order valence-corrected chi connectivity index (χ2v) is 5.01. The van der Waals surface area contributed by atoms with Gasteiger partial charge in [0.1, 0.15) is 0 Å². The lowest BCUT2D eigenvalue weighted by Gasteiger charge is -2.29. The molecule has 1 aliphatic heterocycles. The van der Waals surface area contributed by atoms with Crippen molar-refractivity contribution in [1.82, 2.24) is 20.4 Å². The first-order chi connectivity index (χ1) is 7.65. The topological polar surface area (TPSA) is 84.1 Å². The minimum Gasteiger partial charge on any atom is -0.374 e. The van der Waals surface area contributed by atoms with Gasteiger partial charge in [0, 0.05) is 6.04 Å². The summed E-state index contributed by atoms with van der Waals surface area (Å²) in [6.45, 7) is 2.03. The number of anilines is 1.